The summed E-state index contributed by atoms with van der Waals surface area (Å²) in [6, 6.07) is 4.74. The van der Waals surface area contributed by atoms with Crippen LogP contribution in [0.4, 0.5) is 0 Å². The molecule has 0 spiro atoms. The molecule has 0 unspecified atom stereocenters. The minimum absolute atomic E-state index is 0.0539. The molecule has 0 aliphatic carbocycles. The van der Waals surface area contributed by atoms with E-state index in [1.807, 2.05) is 0 Å². The van der Waals surface area contributed by atoms with Crippen molar-refractivity contribution in [2.24, 2.45) is 0 Å². The summed E-state index contributed by atoms with van der Waals surface area (Å²) in [5.74, 6) is 0.250. The summed E-state index contributed by atoms with van der Waals surface area (Å²) in [5, 5.41) is 12.7. The van der Waals surface area contributed by atoms with Crippen LogP contribution in [0, 0.1) is 6.92 Å². The fourth-order valence-corrected chi connectivity index (χ4v) is 2.90. The number of benzene rings is 1. The molecule has 2 N–H and O–H groups in total. The molecule has 19 heavy (non-hydrogen) atoms. The smallest absolute Gasteiger partial charge is 0.241 e. The summed E-state index contributed by atoms with van der Waals surface area (Å²) in [6.45, 7) is 1.39. The van der Waals surface area contributed by atoms with Crippen molar-refractivity contribution < 1.29 is 18.0 Å². The minimum Gasteiger partial charge on any atom is -0.392 e. The average molecular weight is 283 g/mol. The van der Waals surface area contributed by atoms with E-state index in [2.05, 4.69) is 19.4 Å². The predicted molar refractivity (Wildman–Crippen MR) is 65.4 cm³/mol. The molecule has 1 aromatic carbocycles. The van der Waals surface area contributed by atoms with E-state index in [1.165, 1.54) is 6.07 Å². The topological polar surface area (TPSA) is 105 Å². The van der Waals surface area contributed by atoms with Gasteiger partial charge >= 0.3 is 0 Å². The van der Waals surface area contributed by atoms with E-state index in [0.29, 0.717) is 11.1 Å². The Morgan fingerprint density at radius 1 is 1.42 bits per heavy atom. The molecule has 2 rings (SSSR count). The molecule has 2 aromatic rings. The van der Waals surface area contributed by atoms with Crippen LogP contribution in [0.2, 0.25) is 0 Å². The second-order valence-corrected chi connectivity index (χ2v) is 5.61. The van der Waals surface area contributed by atoms with Gasteiger partial charge in [-0.1, -0.05) is 17.3 Å². The quantitative estimate of drug-likeness (QED) is 0.820. The molecule has 0 saturated heterocycles. The van der Waals surface area contributed by atoms with E-state index >= 15 is 0 Å². The Morgan fingerprint density at radius 3 is 2.84 bits per heavy atom. The van der Waals surface area contributed by atoms with E-state index in [9.17, 15) is 8.42 Å². The van der Waals surface area contributed by atoms with Gasteiger partial charge < -0.3 is 9.63 Å². The highest BCUT2D eigenvalue weighted by Crippen LogP contribution is 2.18. The molecule has 1 aromatic heterocycles. The maximum atomic E-state index is 12.1. The van der Waals surface area contributed by atoms with Gasteiger partial charge in [0, 0.05) is 0 Å². The molecule has 0 aliphatic heterocycles. The van der Waals surface area contributed by atoms with Crippen LogP contribution in [0.5, 0.6) is 0 Å². The number of aliphatic hydroxyl groups is 1. The van der Waals surface area contributed by atoms with Gasteiger partial charge in [0.25, 0.3) is 0 Å². The Bertz CT molecular complexity index is 653. The second kappa shape index (κ2) is 5.47. The molecule has 0 atom stereocenters. The molecule has 0 saturated carbocycles. The first kappa shape index (κ1) is 13.7. The maximum absolute atomic E-state index is 12.1. The zero-order valence-corrected chi connectivity index (χ0v) is 11.0. The van der Waals surface area contributed by atoms with Gasteiger partial charge in [-0.05, 0) is 24.1 Å². The second-order valence-electron chi connectivity index (χ2n) is 3.87. The third-order valence-corrected chi connectivity index (χ3v) is 4.23. The number of nitrogens with zero attached hydrogens (tertiary/aromatic N) is 2. The molecular weight excluding hydrogens is 270 g/mol. The highest BCUT2D eigenvalue weighted by Gasteiger charge is 2.18. The number of hydrogen-bond donors (Lipinski definition) is 2. The standard InChI is InChI=1S/C11H13N3O4S/c1-8-9(6-15)3-2-4-10(8)19(16,17)13-5-11-12-7-18-14-11/h2-4,7,13,15H,5-6H2,1H3. The summed E-state index contributed by atoms with van der Waals surface area (Å²) in [5.41, 5.74) is 1.09. The molecule has 0 aliphatic rings. The number of aromatic nitrogens is 2. The Balaban J connectivity index is 2.24. The summed E-state index contributed by atoms with van der Waals surface area (Å²) in [4.78, 5) is 3.85. The zero-order chi connectivity index (χ0) is 13.9. The predicted octanol–water partition coefficient (Wildman–Crippen LogP) is 0.349. The van der Waals surface area contributed by atoms with Gasteiger partial charge in [-0.3, -0.25) is 0 Å². The van der Waals surface area contributed by atoms with Crippen LogP contribution < -0.4 is 4.72 Å². The number of sulfonamides is 1. The van der Waals surface area contributed by atoms with Crippen LogP contribution in [0.15, 0.2) is 34.0 Å². The van der Waals surface area contributed by atoms with Crippen molar-refractivity contribution in [3.8, 4) is 0 Å². The fourth-order valence-electron chi connectivity index (χ4n) is 1.63. The van der Waals surface area contributed by atoms with Crippen molar-refractivity contribution in [1.82, 2.24) is 14.9 Å². The molecule has 0 bridgehead atoms. The van der Waals surface area contributed by atoms with Crippen molar-refractivity contribution >= 4 is 10.0 Å². The lowest BCUT2D eigenvalue weighted by atomic mass is 10.1. The van der Waals surface area contributed by atoms with E-state index in [1.54, 1.807) is 19.1 Å². The Hall–Kier alpha value is -1.77. The first-order valence-electron chi connectivity index (χ1n) is 5.49. The highest BCUT2D eigenvalue weighted by atomic mass is 32.2. The normalized spacial score (nSPS) is 11.7. The number of nitrogens with one attached hydrogen (secondary N) is 1. The lowest BCUT2D eigenvalue weighted by Gasteiger charge is -2.10. The molecular formula is C11H13N3O4S. The van der Waals surface area contributed by atoms with Crippen molar-refractivity contribution in [1.29, 1.82) is 0 Å². The largest absolute Gasteiger partial charge is 0.392 e. The Kier molecular flexibility index (Phi) is 3.93. The van der Waals surface area contributed by atoms with Crippen molar-refractivity contribution in [2.75, 3.05) is 0 Å². The fraction of sp³-hybridized carbons (Fsp3) is 0.273. The van der Waals surface area contributed by atoms with Crippen molar-refractivity contribution in [3.05, 3.63) is 41.5 Å². The van der Waals surface area contributed by atoms with Crippen LogP contribution in [0.1, 0.15) is 17.0 Å². The highest BCUT2D eigenvalue weighted by molar-refractivity contribution is 7.89. The molecule has 0 radical (unpaired) electrons. The van der Waals surface area contributed by atoms with Gasteiger partial charge in [0.05, 0.1) is 18.0 Å². The SMILES string of the molecule is Cc1c(CO)cccc1S(=O)(=O)NCc1ncon1. The van der Waals surface area contributed by atoms with Gasteiger partial charge in [0.15, 0.2) is 5.82 Å². The molecule has 8 heteroatoms. The van der Waals surface area contributed by atoms with Crippen LogP contribution in [-0.2, 0) is 23.2 Å². The third-order valence-electron chi connectivity index (χ3n) is 2.68. The van der Waals surface area contributed by atoms with Crippen molar-refractivity contribution in [2.45, 2.75) is 25.0 Å². The summed E-state index contributed by atoms with van der Waals surface area (Å²) >= 11 is 0. The third kappa shape index (κ3) is 2.98. The zero-order valence-electron chi connectivity index (χ0n) is 10.2. The maximum Gasteiger partial charge on any atom is 0.241 e. The Labute approximate surface area is 110 Å². The molecule has 102 valence electrons. The first-order chi connectivity index (χ1) is 9.04. The van der Waals surface area contributed by atoms with E-state index in [0.717, 1.165) is 6.39 Å². The van der Waals surface area contributed by atoms with Gasteiger partial charge in [-0.15, -0.1) is 0 Å². The molecule has 1 heterocycles. The van der Waals surface area contributed by atoms with Gasteiger partial charge in [-0.2, -0.15) is 4.98 Å². The lowest BCUT2D eigenvalue weighted by Crippen LogP contribution is -2.24. The van der Waals surface area contributed by atoms with Crippen LogP contribution in [0.25, 0.3) is 0 Å². The molecule has 0 fully saturated rings. The minimum atomic E-state index is -3.68. The summed E-state index contributed by atoms with van der Waals surface area (Å²) < 4.78 is 31.2. The summed E-state index contributed by atoms with van der Waals surface area (Å²) in [6.07, 6.45) is 1.13. The number of aliphatic hydroxyl groups excluding tert-OH is 1. The van der Waals surface area contributed by atoms with Crippen LogP contribution in [0.3, 0.4) is 0 Å². The first-order valence-corrected chi connectivity index (χ1v) is 6.97. The van der Waals surface area contributed by atoms with Crippen LogP contribution >= 0.6 is 0 Å². The van der Waals surface area contributed by atoms with E-state index in [4.69, 9.17) is 5.11 Å². The van der Waals surface area contributed by atoms with Gasteiger partial charge in [-0.25, -0.2) is 13.1 Å². The van der Waals surface area contributed by atoms with Gasteiger partial charge in [0.2, 0.25) is 16.4 Å². The number of hydrogen-bond acceptors (Lipinski definition) is 6. The summed E-state index contributed by atoms with van der Waals surface area (Å²) in [7, 11) is -3.68. The lowest BCUT2D eigenvalue weighted by molar-refractivity contribution is 0.280. The van der Waals surface area contributed by atoms with Crippen molar-refractivity contribution in [3.63, 3.8) is 0 Å². The average Bonchev–Trinajstić information content (AvgIpc) is 2.90. The molecule has 7 nitrogen and oxygen atoms in total. The Morgan fingerprint density at radius 2 is 2.21 bits per heavy atom. The van der Waals surface area contributed by atoms with Gasteiger partial charge in [0.1, 0.15) is 0 Å². The van der Waals surface area contributed by atoms with E-state index < -0.39 is 10.0 Å². The monoisotopic (exact) mass is 283 g/mol. The van der Waals surface area contributed by atoms with Crippen LogP contribution in [-0.4, -0.2) is 23.7 Å². The molecule has 0 amide bonds. The van der Waals surface area contributed by atoms with E-state index in [-0.39, 0.29) is 23.9 Å². The number of rotatable bonds is 5.